The van der Waals surface area contributed by atoms with Crippen molar-refractivity contribution in [1.29, 1.82) is 0 Å². The first-order valence-electron chi connectivity index (χ1n) is 14.5. The zero-order valence-electron chi connectivity index (χ0n) is 23.6. The number of hydrogen-bond donors (Lipinski definition) is 0. The van der Waals surface area contributed by atoms with Gasteiger partial charge in [-0.25, -0.2) is 0 Å². The van der Waals surface area contributed by atoms with Crippen molar-refractivity contribution in [3.63, 3.8) is 0 Å². The number of amides is 2. The van der Waals surface area contributed by atoms with Gasteiger partial charge in [-0.05, 0) is 41.2 Å². The lowest BCUT2D eigenvalue weighted by molar-refractivity contribution is -0.138. The first kappa shape index (κ1) is 27.6. The summed E-state index contributed by atoms with van der Waals surface area (Å²) in [7, 11) is 0. The van der Waals surface area contributed by atoms with Gasteiger partial charge in [-0.3, -0.25) is 14.5 Å². The molecule has 6 rings (SSSR count). The third-order valence-corrected chi connectivity index (χ3v) is 9.26. The number of piperazine rings is 1. The van der Waals surface area contributed by atoms with E-state index in [1.807, 2.05) is 65.6 Å². The van der Waals surface area contributed by atoms with Crippen molar-refractivity contribution in [2.24, 2.45) is 17.3 Å². The molecule has 4 aliphatic rings. The van der Waals surface area contributed by atoms with Crippen molar-refractivity contribution in [2.75, 3.05) is 52.4 Å². The molecule has 1 aliphatic heterocycles. The summed E-state index contributed by atoms with van der Waals surface area (Å²) in [5.74, 6) is 1.64. The molecule has 2 unspecified atom stereocenters. The van der Waals surface area contributed by atoms with Gasteiger partial charge in [-0.1, -0.05) is 86.2 Å². The van der Waals surface area contributed by atoms with Crippen LogP contribution in [0, 0.1) is 17.3 Å². The molecular formula is C33H43N3O3. The van der Waals surface area contributed by atoms with Gasteiger partial charge in [0.15, 0.2) is 0 Å². The maximum Gasteiger partial charge on any atom is 0.248 e. The highest BCUT2D eigenvalue weighted by molar-refractivity contribution is 5.79. The molecule has 2 aromatic carbocycles. The summed E-state index contributed by atoms with van der Waals surface area (Å²) in [6.07, 6.45) is 5.27. The maximum atomic E-state index is 13.5. The molecule has 1 saturated carbocycles. The van der Waals surface area contributed by atoms with E-state index in [9.17, 15) is 9.59 Å². The second kappa shape index (κ2) is 12.5. The smallest absolute Gasteiger partial charge is 0.248 e. The summed E-state index contributed by atoms with van der Waals surface area (Å²) in [6, 6.07) is 20.0. The van der Waals surface area contributed by atoms with Gasteiger partial charge >= 0.3 is 0 Å². The van der Waals surface area contributed by atoms with E-state index < -0.39 is 0 Å². The zero-order chi connectivity index (χ0) is 27.2. The number of hydrogen-bond acceptors (Lipinski definition) is 4. The molecule has 2 bridgehead atoms. The topological polar surface area (TPSA) is 53.1 Å². The molecule has 2 atom stereocenters. The monoisotopic (exact) mass is 529 g/mol. The Morgan fingerprint density at radius 3 is 2.26 bits per heavy atom. The second-order valence-electron chi connectivity index (χ2n) is 12.0. The molecule has 3 aliphatic carbocycles. The third-order valence-electron chi connectivity index (χ3n) is 9.26. The van der Waals surface area contributed by atoms with Crippen molar-refractivity contribution < 1.29 is 14.3 Å². The van der Waals surface area contributed by atoms with E-state index in [0.29, 0.717) is 44.0 Å². The van der Waals surface area contributed by atoms with Crippen molar-refractivity contribution in [3.05, 3.63) is 83.4 Å². The molecule has 1 saturated heterocycles. The molecule has 0 N–H and O–H groups in total. The van der Waals surface area contributed by atoms with Crippen LogP contribution in [-0.2, 0) is 27.4 Å². The summed E-state index contributed by atoms with van der Waals surface area (Å²) in [5, 5.41) is 0. The third kappa shape index (κ3) is 6.79. The Hall–Kier alpha value is -2.96. The van der Waals surface area contributed by atoms with Crippen LogP contribution < -0.4 is 0 Å². The fraction of sp³-hybridized carbons (Fsp3) is 0.515. The molecule has 208 valence electrons. The van der Waals surface area contributed by atoms with E-state index in [1.165, 1.54) is 12.0 Å². The Kier molecular flexibility index (Phi) is 8.83. The van der Waals surface area contributed by atoms with E-state index >= 15 is 0 Å². The van der Waals surface area contributed by atoms with Gasteiger partial charge in [0.25, 0.3) is 0 Å². The Bertz CT molecular complexity index is 1140. The highest BCUT2D eigenvalue weighted by Crippen LogP contribution is 2.59. The molecule has 6 nitrogen and oxygen atoms in total. The summed E-state index contributed by atoms with van der Waals surface area (Å²) < 4.78 is 5.66. The number of allylic oxidation sites excluding steroid dienone is 1. The lowest BCUT2D eigenvalue weighted by Gasteiger charge is -2.57. The minimum atomic E-state index is 0.0518. The number of fused-ring (bicyclic) bond motifs is 1. The Balaban J connectivity index is 1.11. The summed E-state index contributed by atoms with van der Waals surface area (Å²) in [4.78, 5) is 32.5. The SMILES string of the molecule is CC1(C)C2CC=C(CN(CCN3CCN(C(=O)COCc4ccccc4)CC3)C(=O)Cc3ccccc3)C1C2. The number of carbonyl (C=O) groups excluding carboxylic acids is 2. The van der Waals surface area contributed by atoms with Crippen molar-refractivity contribution in [3.8, 4) is 0 Å². The minimum Gasteiger partial charge on any atom is -0.367 e. The molecule has 2 aromatic rings. The largest absolute Gasteiger partial charge is 0.367 e. The van der Waals surface area contributed by atoms with Crippen LogP contribution in [-0.4, -0.2) is 78.9 Å². The van der Waals surface area contributed by atoms with Crippen LogP contribution in [0.3, 0.4) is 0 Å². The number of rotatable bonds is 11. The van der Waals surface area contributed by atoms with Crippen LogP contribution in [0.4, 0.5) is 0 Å². The first-order chi connectivity index (χ1) is 18.9. The zero-order valence-corrected chi connectivity index (χ0v) is 23.6. The van der Waals surface area contributed by atoms with Gasteiger partial charge < -0.3 is 14.5 Å². The van der Waals surface area contributed by atoms with Crippen LogP contribution in [0.15, 0.2) is 72.3 Å². The van der Waals surface area contributed by atoms with Crippen molar-refractivity contribution in [1.82, 2.24) is 14.7 Å². The molecular weight excluding hydrogens is 486 g/mol. The first-order valence-corrected chi connectivity index (χ1v) is 14.5. The Morgan fingerprint density at radius 1 is 0.949 bits per heavy atom. The molecule has 1 heterocycles. The molecule has 0 spiro atoms. The summed E-state index contributed by atoms with van der Waals surface area (Å²) >= 11 is 0. The second-order valence-corrected chi connectivity index (χ2v) is 12.0. The minimum absolute atomic E-state index is 0.0518. The molecule has 39 heavy (non-hydrogen) atoms. The highest BCUT2D eigenvalue weighted by Gasteiger charge is 2.51. The van der Waals surface area contributed by atoms with Crippen molar-refractivity contribution in [2.45, 2.75) is 39.7 Å². The normalized spacial score (nSPS) is 22.1. The molecule has 6 heteroatoms. The van der Waals surface area contributed by atoms with E-state index in [0.717, 1.165) is 49.6 Å². The fourth-order valence-electron chi connectivity index (χ4n) is 6.46. The number of nitrogens with zero attached hydrogens (tertiary/aromatic N) is 3. The molecule has 0 radical (unpaired) electrons. The average Bonchev–Trinajstić information content (AvgIpc) is 2.96. The summed E-state index contributed by atoms with van der Waals surface area (Å²) in [6.45, 7) is 10.7. The quantitative estimate of drug-likeness (QED) is 0.405. The Labute approximate surface area is 233 Å². The average molecular weight is 530 g/mol. The van der Waals surface area contributed by atoms with Crippen LogP contribution in [0.1, 0.15) is 37.8 Å². The molecule has 0 aromatic heterocycles. The van der Waals surface area contributed by atoms with Gasteiger partial charge in [-0.2, -0.15) is 0 Å². The molecule has 2 fully saturated rings. The molecule has 2 amide bonds. The van der Waals surface area contributed by atoms with Crippen LogP contribution in [0.25, 0.3) is 0 Å². The van der Waals surface area contributed by atoms with Crippen LogP contribution >= 0.6 is 0 Å². The van der Waals surface area contributed by atoms with E-state index in [2.05, 4.69) is 29.7 Å². The van der Waals surface area contributed by atoms with E-state index in [1.54, 1.807) is 0 Å². The van der Waals surface area contributed by atoms with E-state index in [4.69, 9.17) is 4.74 Å². The van der Waals surface area contributed by atoms with Gasteiger partial charge in [-0.15, -0.1) is 0 Å². The number of ether oxygens (including phenoxy) is 1. The van der Waals surface area contributed by atoms with Gasteiger partial charge in [0.05, 0.1) is 13.0 Å². The van der Waals surface area contributed by atoms with Gasteiger partial charge in [0, 0.05) is 45.8 Å². The number of carbonyl (C=O) groups is 2. The van der Waals surface area contributed by atoms with Crippen LogP contribution in [0.5, 0.6) is 0 Å². The predicted molar refractivity (Wildman–Crippen MR) is 154 cm³/mol. The maximum absolute atomic E-state index is 13.5. The lowest BCUT2D eigenvalue weighted by atomic mass is 9.49. The Morgan fingerprint density at radius 2 is 1.62 bits per heavy atom. The standard InChI is InChI=1S/C33H43N3O3/c1-33(2)29-14-13-28(30(33)22-29)23-36(31(37)21-26-9-5-3-6-10-26)20-17-34-15-18-35(19-16-34)32(38)25-39-24-27-11-7-4-8-12-27/h3-13,29-30H,14-25H2,1-2H3. The van der Waals surface area contributed by atoms with Crippen LogP contribution in [0.2, 0.25) is 0 Å². The highest BCUT2D eigenvalue weighted by atomic mass is 16.5. The van der Waals surface area contributed by atoms with Crippen molar-refractivity contribution >= 4 is 11.8 Å². The lowest BCUT2D eigenvalue weighted by Crippen LogP contribution is -2.52. The number of benzene rings is 2. The van der Waals surface area contributed by atoms with Gasteiger partial charge in [0.1, 0.15) is 6.61 Å². The predicted octanol–water partition coefficient (Wildman–Crippen LogP) is 4.41. The fourth-order valence-corrected chi connectivity index (χ4v) is 6.46. The van der Waals surface area contributed by atoms with Gasteiger partial charge in [0.2, 0.25) is 11.8 Å². The van der Waals surface area contributed by atoms with E-state index in [-0.39, 0.29) is 18.4 Å². The summed E-state index contributed by atoms with van der Waals surface area (Å²) in [5.41, 5.74) is 3.95.